The molecule has 0 aliphatic heterocycles. The third-order valence-corrected chi connectivity index (χ3v) is 0.794. The van der Waals surface area contributed by atoms with Gasteiger partial charge >= 0.3 is 0 Å². The van der Waals surface area contributed by atoms with E-state index in [1.165, 1.54) is 0 Å². The molecule has 0 unspecified atom stereocenters. The van der Waals surface area contributed by atoms with E-state index in [2.05, 4.69) is 11.6 Å². The minimum absolute atomic E-state index is 0.785. The maximum Gasteiger partial charge on any atom is 0.120 e. The van der Waals surface area contributed by atoms with Gasteiger partial charge in [0.25, 0.3) is 0 Å². The van der Waals surface area contributed by atoms with Crippen LogP contribution in [0.1, 0.15) is 6.92 Å². The number of nitrogens with zero attached hydrogens (tertiary/aromatic N) is 2. The number of aliphatic imine (C=N–C) groups is 1. The molecule has 0 amide bonds. The van der Waals surface area contributed by atoms with Crippen molar-refractivity contribution in [1.82, 2.24) is 4.90 Å². The summed E-state index contributed by atoms with van der Waals surface area (Å²) in [5, 5.41) is 0. The minimum Gasteiger partial charge on any atom is -0.363 e. The summed E-state index contributed by atoms with van der Waals surface area (Å²) in [5.41, 5.74) is 0. The lowest BCUT2D eigenvalue weighted by atomic mass is 10.7. The molecule has 0 atom stereocenters. The molecule has 0 fully saturated rings. The molecule has 0 aromatic rings. The van der Waals surface area contributed by atoms with Crippen LogP contribution in [0.2, 0.25) is 0 Å². The quantitative estimate of drug-likeness (QED) is 0.488. The van der Waals surface area contributed by atoms with Crippen LogP contribution < -0.4 is 0 Å². The van der Waals surface area contributed by atoms with Crippen LogP contribution in [-0.2, 0) is 0 Å². The van der Waals surface area contributed by atoms with Crippen molar-refractivity contribution in [2.45, 2.75) is 6.92 Å². The highest BCUT2D eigenvalue weighted by Gasteiger charge is 1.85. The van der Waals surface area contributed by atoms with Crippen molar-refractivity contribution in [3.8, 4) is 0 Å². The van der Waals surface area contributed by atoms with Crippen LogP contribution in [0.3, 0.4) is 0 Å². The van der Waals surface area contributed by atoms with E-state index in [4.69, 9.17) is 0 Å². The summed E-state index contributed by atoms with van der Waals surface area (Å²) in [6.45, 7) is 5.54. The summed E-state index contributed by atoms with van der Waals surface area (Å²) in [7, 11) is 3.82. The Labute approximate surface area is 50.5 Å². The molecular weight excluding hydrogens is 100 g/mol. The molecule has 0 radical (unpaired) electrons. The van der Waals surface area contributed by atoms with Gasteiger partial charge < -0.3 is 4.90 Å². The van der Waals surface area contributed by atoms with Gasteiger partial charge in [0.15, 0.2) is 0 Å². The molecular formula is C6H12N2. The van der Waals surface area contributed by atoms with E-state index in [1.54, 1.807) is 6.21 Å². The summed E-state index contributed by atoms with van der Waals surface area (Å²) >= 11 is 0. The van der Waals surface area contributed by atoms with Crippen molar-refractivity contribution in [1.29, 1.82) is 0 Å². The van der Waals surface area contributed by atoms with Crippen LogP contribution in [0.15, 0.2) is 17.4 Å². The molecule has 0 heterocycles. The minimum atomic E-state index is 0.785. The highest BCUT2D eigenvalue weighted by molar-refractivity contribution is 5.54. The molecule has 0 saturated carbocycles. The maximum atomic E-state index is 3.93. The third kappa shape index (κ3) is 2.39. The second-order valence-electron chi connectivity index (χ2n) is 1.70. The van der Waals surface area contributed by atoms with Crippen LogP contribution in [0.5, 0.6) is 0 Å². The Kier molecular flexibility index (Phi) is 2.92. The first kappa shape index (κ1) is 7.21. The molecule has 0 aliphatic carbocycles. The van der Waals surface area contributed by atoms with Crippen LogP contribution in [0.4, 0.5) is 0 Å². The van der Waals surface area contributed by atoms with E-state index >= 15 is 0 Å². The third-order valence-electron chi connectivity index (χ3n) is 0.794. The predicted molar refractivity (Wildman–Crippen MR) is 37.0 cm³/mol. The molecule has 46 valence electrons. The highest BCUT2D eigenvalue weighted by Crippen LogP contribution is 1.92. The Hall–Kier alpha value is -0.790. The summed E-state index contributed by atoms with van der Waals surface area (Å²) in [4.78, 5) is 5.79. The zero-order chi connectivity index (χ0) is 6.57. The Bertz CT molecular complexity index is 103. The fraction of sp³-hybridized carbons (Fsp3) is 0.500. The first-order valence-corrected chi connectivity index (χ1v) is 2.53. The van der Waals surface area contributed by atoms with Gasteiger partial charge in [0.1, 0.15) is 5.82 Å². The van der Waals surface area contributed by atoms with Gasteiger partial charge in [-0.05, 0) is 6.92 Å². The number of hydrogen-bond acceptors (Lipinski definition) is 2. The van der Waals surface area contributed by atoms with Gasteiger partial charge in [0.2, 0.25) is 0 Å². The Morgan fingerprint density at radius 2 is 2.12 bits per heavy atom. The smallest absolute Gasteiger partial charge is 0.120 e. The average Bonchev–Trinajstić information content (AvgIpc) is 1.67. The number of hydrogen-bond donors (Lipinski definition) is 0. The van der Waals surface area contributed by atoms with Crippen LogP contribution >= 0.6 is 0 Å². The van der Waals surface area contributed by atoms with E-state index < -0.39 is 0 Å². The van der Waals surface area contributed by atoms with E-state index in [0.717, 1.165) is 5.82 Å². The van der Waals surface area contributed by atoms with Crippen molar-refractivity contribution < 1.29 is 0 Å². The molecule has 0 N–H and O–H groups in total. The average molecular weight is 112 g/mol. The van der Waals surface area contributed by atoms with E-state index in [-0.39, 0.29) is 0 Å². The Morgan fingerprint density at radius 1 is 1.62 bits per heavy atom. The fourth-order valence-electron chi connectivity index (χ4n) is 0.264. The van der Waals surface area contributed by atoms with Gasteiger partial charge in [-0.3, -0.25) is 0 Å². The summed E-state index contributed by atoms with van der Waals surface area (Å²) in [6.07, 6.45) is 1.72. The van der Waals surface area contributed by atoms with E-state index in [0.29, 0.717) is 0 Å². The lowest BCUT2D eigenvalue weighted by molar-refractivity contribution is 0.510. The summed E-state index contributed by atoms with van der Waals surface area (Å²) in [5.74, 6) is 0.785. The van der Waals surface area contributed by atoms with Crippen molar-refractivity contribution in [3.05, 3.63) is 12.4 Å². The van der Waals surface area contributed by atoms with Gasteiger partial charge in [0, 0.05) is 20.3 Å². The summed E-state index contributed by atoms with van der Waals surface area (Å²) in [6, 6.07) is 0. The summed E-state index contributed by atoms with van der Waals surface area (Å²) < 4.78 is 0. The second kappa shape index (κ2) is 3.24. The molecule has 2 heteroatoms. The first-order chi connectivity index (χ1) is 3.68. The lowest BCUT2D eigenvalue weighted by Gasteiger charge is -2.08. The van der Waals surface area contributed by atoms with Crippen LogP contribution in [0.25, 0.3) is 0 Å². The SMILES string of the molecule is C=C(N=CC)N(C)C. The second-order valence-corrected chi connectivity index (χ2v) is 1.70. The van der Waals surface area contributed by atoms with Gasteiger partial charge in [-0.2, -0.15) is 0 Å². The van der Waals surface area contributed by atoms with E-state index in [1.807, 2.05) is 25.9 Å². The maximum absolute atomic E-state index is 3.93. The molecule has 0 aromatic heterocycles. The fourth-order valence-corrected chi connectivity index (χ4v) is 0.264. The Balaban J connectivity index is 3.66. The van der Waals surface area contributed by atoms with Crippen molar-refractivity contribution in [2.24, 2.45) is 4.99 Å². The molecule has 0 aromatic carbocycles. The standard InChI is InChI=1S/C6H12N2/c1-5-7-6(2)8(3)4/h5H,2H2,1,3-4H3. The zero-order valence-electron chi connectivity index (χ0n) is 5.68. The van der Waals surface area contributed by atoms with Gasteiger partial charge in [-0.15, -0.1) is 0 Å². The van der Waals surface area contributed by atoms with E-state index in [9.17, 15) is 0 Å². The number of rotatable bonds is 2. The van der Waals surface area contributed by atoms with Crippen molar-refractivity contribution in [2.75, 3.05) is 14.1 Å². The van der Waals surface area contributed by atoms with Gasteiger partial charge in [-0.25, -0.2) is 4.99 Å². The highest BCUT2D eigenvalue weighted by atomic mass is 15.2. The largest absolute Gasteiger partial charge is 0.363 e. The van der Waals surface area contributed by atoms with Gasteiger partial charge in [-0.1, -0.05) is 6.58 Å². The molecule has 0 aliphatic rings. The molecule has 8 heavy (non-hydrogen) atoms. The molecule has 2 nitrogen and oxygen atoms in total. The van der Waals surface area contributed by atoms with Crippen LogP contribution in [-0.4, -0.2) is 25.2 Å². The monoisotopic (exact) mass is 112 g/mol. The molecule has 0 bridgehead atoms. The van der Waals surface area contributed by atoms with Crippen molar-refractivity contribution in [3.63, 3.8) is 0 Å². The normalized spacial score (nSPS) is 9.88. The predicted octanol–water partition coefficient (Wildman–Crippen LogP) is 1.11. The first-order valence-electron chi connectivity index (χ1n) is 2.53. The molecule has 0 rings (SSSR count). The lowest BCUT2D eigenvalue weighted by Crippen LogP contribution is -2.07. The molecule has 0 saturated heterocycles. The van der Waals surface area contributed by atoms with Crippen molar-refractivity contribution >= 4 is 6.21 Å². The topological polar surface area (TPSA) is 15.6 Å². The van der Waals surface area contributed by atoms with Gasteiger partial charge in [0.05, 0.1) is 0 Å². The zero-order valence-corrected chi connectivity index (χ0v) is 5.68. The van der Waals surface area contributed by atoms with Crippen LogP contribution in [0, 0.1) is 0 Å². The Morgan fingerprint density at radius 3 is 2.25 bits per heavy atom. The molecule has 0 spiro atoms.